The van der Waals surface area contributed by atoms with Gasteiger partial charge in [0.25, 0.3) is 6.71 Å². The van der Waals surface area contributed by atoms with Crippen LogP contribution in [0, 0.1) is 13.8 Å². The van der Waals surface area contributed by atoms with Crippen LogP contribution in [0.5, 0.6) is 0 Å². The van der Waals surface area contributed by atoms with Crippen molar-refractivity contribution in [2.24, 2.45) is 0 Å². The lowest BCUT2D eigenvalue weighted by molar-refractivity contribution is 0.193. The molecule has 6 aliphatic rings. The standard InChI is InChI=1S/C69H80BN3Si/c1-43-34-44(2)61-58(35-43)72(69(12)33-21-19-31-67(61,69)10)50-39-59-62-60(40-50)73-63-53(66(9)30-18-20-32-68(66,73)11)41-51(74(13,14)15)42-55(63)70(62)54-38-49(65(6,7)8)27-29-57(54)71(59)56-28-26-48(64(3,4)5)37-52(56)47-25-24-45-22-16-17-23-46(45)36-47/h16-17,22-29,34-42H,18-21,30-33H2,1-15H3. The first-order valence-electron chi connectivity index (χ1n) is 28.5. The number of hydrogen-bond acceptors (Lipinski definition) is 3. The van der Waals surface area contributed by atoms with Crippen LogP contribution in [0.1, 0.15) is 154 Å². The topological polar surface area (TPSA) is 9.72 Å². The highest BCUT2D eigenvalue weighted by Crippen LogP contribution is 2.65. The van der Waals surface area contributed by atoms with E-state index in [1.165, 1.54) is 152 Å². The highest BCUT2D eigenvalue weighted by Gasteiger charge is 2.63. The van der Waals surface area contributed by atoms with Crippen LogP contribution >= 0.6 is 0 Å². The molecule has 5 heteroatoms. The van der Waals surface area contributed by atoms with Gasteiger partial charge in [-0.2, -0.15) is 0 Å². The summed E-state index contributed by atoms with van der Waals surface area (Å²) in [6.45, 7) is 37.4. The zero-order valence-corrected chi connectivity index (χ0v) is 48.5. The Bertz CT molecular complexity index is 3550. The molecule has 3 nitrogen and oxygen atoms in total. The molecule has 378 valence electrons. The molecule has 4 aliphatic heterocycles. The molecule has 13 rings (SSSR count). The van der Waals surface area contributed by atoms with E-state index in [-0.39, 0.29) is 39.5 Å². The molecule has 0 bridgehead atoms. The number of rotatable bonds is 4. The van der Waals surface area contributed by atoms with Gasteiger partial charge >= 0.3 is 0 Å². The SMILES string of the molecule is Cc1cc(C)c2c(c1)N(c1cc3c4c(c1)N1c5c(cc([Si](C)(C)C)cc5C5(C)CCCCC15C)B4c1cc(C(C)(C)C)ccc1N3c1ccc(C(C)(C)C)cc1-c1ccc3ccccc3c1)C1(C)CCCCC21C. The van der Waals surface area contributed by atoms with Crippen LogP contribution in [0.4, 0.5) is 39.8 Å². The molecule has 0 saturated heterocycles. The maximum Gasteiger partial charge on any atom is 0.252 e. The Hall–Kier alpha value is -5.52. The molecule has 0 spiro atoms. The minimum Gasteiger partial charge on any atom is -0.335 e. The average molecular weight is 990 g/mol. The van der Waals surface area contributed by atoms with Gasteiger partial charge in [0.05, 0.1) is 24.8 Å². The highest BCUT2D eigenvalue weighted by molar-refractivity contribution is 7.01. The van der Waals surface area contributed by atoms with Gasteiger partial charge in [0, 0.05) is 50.5 Å². The molecule has 7 aromatic rings. The zero-order valence-electron chi connectivity index (χ0n) is 47.5. The summed E-state index contributed by atoms with van der Waals surface area (Å²) in [5, 5.41) is 4.15. The van der Waals surface area contributed by atoms with Gasteiger partial charge in [-0.1, -0.05) is 179 Å². The van der Waals surface area contributed by atoms with Crippen LogP contribution in [0.2, 0.25) is 19.6 Å². The molecule has 4 atom stereocenters. The molecule has 4 unspecified atom stereocenters. The van der Waals surface area contributed by atoms with Crippen LogP contribution in [-0.4, -0.2) is 25.9 Å². The van der Waals surface area contributed by atoms with Crippen molar-refractivity contribution in [2.45, 2.75) is 187 Å². The van der Waals surface area contributed by atoms with Crippen molar-refractivity contribution in [3.05, 3.63) is 149 Å². The number of nitrogens with zero attached hydrogens (tertiary/aromatic N) is 3. The second-order valence-electron chi connectivity index (χ2n) is 28.2. The summed E-state index contributed by atoms with van der Waals surface area (Å²) in [5.74, 6) is 0. The Labute approximate surface area is 445 Å². The fraction of sp³-hybridized carbons (Fsp3) is 0.420. The molecular formula is C69H80BN3Si. The predicted molar refractivity (Wildman–Crippen MR) is 324 cm³/mol. The Kier molecular flexibility index (Phi) is 10.1. The van der Waals surface area contributed by atoms with Crippen molar-refractivity contribution >= 4 is 86.9 Å². The molecule has 0 amide bonds. The van der Waals surface area contributed by atoms with E-state index < -0.39 is 8.07 Å². The lowest BCUT2D eigenvalue weighted by Crippen LogP contribution is -2.65. The second kappa shape index (κ2) is 15.6. The van der Waals surface area contributed by atoms with Crippen molar-refractivity contribution in [2.75, 3.05) is 14.7 Å². The zero-order chi connectivity index (χ0) is 52.0. The minimum absolute atomic E-state index is 0.00554. The van der Waals surface area contributed by atoms with E-state index in [4.69, 9.17) is 0 Å². The predicted octanol–water partition coefficient (Wildman–Crippen LogP) is 16.4. The van der Waals surface area contributed by atoms with Crippen LogP contribution in [0.15, 0.2) is 115 Å². The van der Waals surface area contributed by atoms with Crippen LogP contribution in [0.3, 0.4) is 0 Å². The Morgan fingerprint density at radius 3 is 1.84 bits per heavy atom. The summed E-state index contributed by atoms with van der Waals surface area (Å²) in [6.07, 6.45) is 9.83. The van der Waals surface area contributed by atoms with E-state index in [1.54, 1.807) is 16.3 Å². The van der Waals surface area contributed by atoms with Gasteiger partial charge in [-0.25, -0.2) is 0 Å². The maximum absolute atomic E-state index is 2.99. The maximum atomic E-state index is 2.99. The third-order valence-electron chi connectivity index (χ3n) is 20.7. The van der Waals surface area contributed by atoms with E-state index in [0.29, 0.717) is 0 Å². The fourth-order valence-corrected chi connectivity index (χ4v) is 17.3. The van der Waals surface area contributed by atoms with Crippen LogP contribution in [-0.2, 0) is 21.7 Å². The molecule has 7 aromatic carbocycles. The van der Waals surface area contributed by atoms with E-state index >= 15 is 0 Å². The van der Waals surface area contributed by atoms with Gasteiger partial charge < -0.3 is 14.7 Å². The first-order chi connectivity index (χ1) is 34.9. The Balaban J connectivity index is 1.20. The smallest absolute Gasteiger partial charge is 0.252 e. The third kappa shape index (κ3) is 6.43. The quantitative estimate of drug-likeness (QED) is 0.163. The largest absolute Gasteiger partial charge is 0.335 e. The van der Waals surface area contributed by atoms with Gasteiger partial charge in [0.1, 0.15) is 0 Å². The Morgan fingerprint density at radius 2 is 1.15 bits per heavy atom. The normalized spacial score (nSPS) is 24.6. The van der Waals surface area contributed by atoms with Crippen LogP contribution < -0.4 is 36.3 Å². The molecular weight excluding hydrogens is 910 g/mol. The van der Waals surface area contributed by atoms with E-state index in [9.17, 15) is 0 Å². The van der Waals surface area contributed by atoms with Crippen molar-refractivity contribution in [1.82, 2.24) is 0 Å². The summed E-state index contributed by atoms with van der Waals surface area (Å²) in [5.41, 5.74) is 25.1. The van der Waals surface area contributed by atoms with Gasteiger partial charge in [0.15, 0.2) is 0 Å². The summed E-state index contributed by atoms with van der Waals surface area (Å²) < 4.78 is 0. The fourth-order valence-electron chi connectivity index (χ4n) is 16.2. The minimum atomic E-state index is -1.79. The summed E-state index contributed by atoms with van der Waals surface area (Å²) in [7, 11) is -1.79. The molecule has 2 saturated carbocycles. The van der Waals surface area contributed by atoms with Gasteiger partial charge in [-0.15, -0.1) is 0 Å². The van der Waals surface area contributed by atoms with E-state index in [2.05, 4.69) is 233 Å². The molecule has 0 radical (unpaired) electrons. The van der Waals surface area contributed by atoms with E-state index in [0.717, 1.165) is 0 Å². The highest BCUT2D eigenvalue weighted by atomic mass is 28.3. The molecule has 0 N–H and O–H groups in total. The number of benzene rings is 7. The number of fused-ring (bicyclic) bond motifs is 11. The lowest BCUT2D eigenvalue weighted by Gasteiger charge is -2.54. The van der Waals surface area contributed by atoms with Gasteiger partial charge in [-0.05, 0) is 173 Å². The summed E-state index contributed by atoms with van der Waals surface area (Å²) in [6, 6.07) is 47.1. The average Bonchev–Trinajstić information content (AvgIpc) is 3.93. The number of aryl methyl sites for hydroxylation is 2. The first kappa shape index (κ1) is 48.1. The summed E-state index contributed by atoms with van der Waals surface area (Å²) in [4.78, 5) is 8.67. The molecule has 4 heterocycles. The van der Waals surface area contributed by atoms with Crippen molar-refractivity contribution < 1.29 is 0 Å². The Morgan fingerprint density at radius 1 is 0.527 bits per heavy atom. The van der Waals surface area contributed by atoms with Crippen molar-refractivity contribution in [3.8, 4) is 11.1 Å². The van der Waals surface area contributed by atoms with Crippen molar-refractivity contribution in [1.29, 1.82) is 0 Å². The summed E-state index contributed by atoms with van der Waals surface area (Å²) >= 11 is 0. The molecule has 0 aromatic heterocycles. The van der Waals surface area contributed by atoms with E-state index in [1.807, 2.05) is 0 Å². The number of hydrogen-bond donors (Lipinski definition) is 0. The van der Waals surface area contributed by atoms with Crippen molar-refractivity contribution in [3.63, 3.8) is 0 Å². The monoisotopic (exact) mass is 990 g/mol. The van der Waals surface area contributed by atoms with Gasteiger partial charge in [0.2, 0.25) is 0 Å². The third-order valence-corrected chi connectivity index (χ3v) is 22.7. The molecule has 2 aliphatic carbocycles. The second-order valence-corrected chi connectivity index (χ2v) is 33.3. The van der Waals surface area contributed by atoms with Gasteiger partial charge in [-0.3, -0.25) is 0 Å². The first-order valence-corrected chi connectivity index (χ1v) is 32.0. The van der Waals surface area contributed by atoms with Crippen LogP contribution in [0.25, 0.3) is 21.9 Å². The lowest BCUT2D eigenvalue weighted by atomic mass is 9.33. The molecule has 2 fully saturated rings. The molecule has 74 heavy (non-hydrogen) atoms. The number of anilines is 7.